The van der Waals surface area contributed by atoms with E-state index in [0.717, 1.165) is 42.8 Å². The van der Waals surface area contributed by atoms with Crippen molar-refractivity contribution in [1.82, 2.24) is 24.9 Å². The van der Waals surface area contributed by atoms with E-state index in [4.69, 9.17) is 0 Å². The molecule has 4 heterocycles. The first-order valence-electron chi connectivity index (χ1n) is 13.8. The number of carbonyl (C=O) groups is 4. The molecule has 0 radical (unpaired) electrons. The van der Waals surface area contributed by atoms with E-state index in [0.29, 0.717) is 54.2 Å². The van der Waals surface area contributed by atoms with Gasteiger partial charge in [0.1, 0.15) is 6.04 Å². The van der Waals surface area contributed by atoms with Crippen LogP contribution in [0, 0.1) is 5.92 Å². The number of amides is 4. The lowest BCUT2D eigenvalue weighted by Crippen LogP contribution is -2.51. The quantitative estimate of drug-likeness (QED) is 0.503. The number of fused-ring (bicyclic) bond motifs is 1. The Morgan fingerprint density at radius 2 is 1.92 bits per heavy atom. The lowest BCUT2D eigenvalue weighted by Gasteiger charge is -2.32. The zero-order valence-corrected chi connectivity index (χ0v) is 22.6. The van der Waals surface area contributed by atoms with Crippen LogP contribution in [0.5, 0.6) is 0 Å². The average molecular weight is 533 g/mol. The van der Waals surface area contributed by atoms with Gasteiger partial charge in [-0.05, 0) is 50.2 Å². The molecule has 3 aliphatic rings. The van der Waals surface area contributed by atoms with E-state index in [-0.39, 0.29) is 17.9 Å². The fraction of sp³-hybridized carbons (Fsp3) is 0.483. The van der Waals surface area contributed by atoms with Crippen LogP contribution in [0.15, 0.2) is 42.9 Å². The fourth-order valence-corrected chi connectivity index (χ4v) is 5.56. The maximum atomic E-state index is 13.3. The standard InChI is InChI=1S/C29H36N6O4/c1-18(2)7-10-25(36)33-13-11-21(12-14-33)34-17-20(16-31-34)15-30-23-6-4-5-22-26(23)29(39)35(28(22)38)24-9-8-19(3)32-27(24)37/h4-6,16-18,21,24,30H,3,7-15H2,1-2H3,(H,32,37). The molecule has 2 N–H and O–H groups in total. The van der Waals surface area contributed by atoms with Crippen LogP contribution in [0.25, 0.3) is 0 Å². The van der Waals surface area contributed by atoms with E-state index < -0.39 is 17.9 Å². The molecule has 2 saturated heterocycles. The van der Waals surface area contributed by atoms with E-state index in [1.807, 2.05) is 15.8 Å². The van der Waals surface area contributed by atoms with Gasteiger partial charge in [-0.25, -0.2) is 0 Å². The van der Waals surface area contributed by atoms with Crippen molar-refractivity contribution in [2.75, 3.05) is 18.4 Å². The molecule has 1 aromatic carbocycles. The number of benzene rings is 1. The second-order valence-electron chi connectivity index (χ2n) is 11.1. The molecule has 2 aromatic rings. The lowest BCUT2D eigenvalue weighted by molar-refractivity contribution is -0.132. The number of nitrogens with one attached hydrogen (secondary N) is 2. The Morgan fingerprint density at radius 3 is 2.64 bits per heavy atom. The van der Waals surface area contributed by atoms with Crippen molar-refractivity contribution in [3.63, 3.8) is 0 Å². The number of rotatable bonds is 8. The summed E-state index contributed by atoms with van der Waals surface area (Å²) in [5.74, 6) is -0.529. The normalized spacial score (nSPS) is 20.0. The number of allylic oxidation sites excluding steroid dienone is 1. The third kappa shape index (κ3) is 5.46. The zero-order chi connectivity index (χ0) is 27.7. The highest BCUT2D eigenvalue weighted by Gasteiger charge is 2.45. The third-order valence-corrected chi connectivity index (χ3v) is 7.84. The molecule has 0 saturated carbocycles. The van der Waals surface area contributed by atoms with Crippen molar-refractivity contribution in [2.24, 2.45) is 5.92 Å². The Morgan fingerprint density at radius 1 is 1.15 bits per heavy atom. The highest BCUT2D eigenvalue weighted by Crippen LogP contribution is 2.33. The van der Waals surface area contributed by atoms with Crippen molar-refractivity contribution in [3.8, 4) is 0 Å². The van der Waals surface area contributed by atoms with E-state index in [9.17, 15) is 19.2 Å². The van der Waals surface area contributed by atoms with Gasteiger partial charge in [-0.15, -0.1) is 0 Å². The molecule has 0 spiro atoms. The summed E-state index contributed by atoms with van der Waals surface area (Å²) in [6.07, 6.45) is 7.94. The predicted octanol–water partition coefficient (Wildman–Crippen LogP) is 3.48. The summed E-state index contributed by atoms with van der Waals surface area (Å²) in [6.45, 7) is 9.95. The highest BCUT2D eigenvalue weighted by molar-refractivity contribution is 6.25. The summed E-state index contributed by atoms with van der Waals surface area (Å²) in [4.78, 5) is 54.5. The SMILES string of the molecule is C=C1CCC(N2C(=O)c3cccc(NCc4cnn(C5CCN(C(=O)CCC(C)C)CC5)c4)c3C2=O)C(=O)N1. The Balaban J connectivity index is 1.20. The summed E-state index contributed by atoms with van der Waals surface area (Å²) in [7, 11) is 0. The van der Waals surface area contributed by atoms with Crippen molar-refractivity contribution < 1.29 is 19.2 Å². The van der Waals surface area contributed by atoms with Gasteiger partial charge < -0.3 is 15.5 Å². The van der Waals surface area contributed by atoms with E-state index in [1.54, 1.807) is 24.4 Å². The first-order valence-corrected chi connectivity index (χ1v) is 13.8. The van der Waals surface area contributed by atoms with Crippen molar-refractivity contribution in [2.45, 2.75) is 71.0 Å². The van der Waals surface area contributed by atoms with Gasteiger partial charge in [0.05, 0.1) is 23.4 Å². The van der Waals surface area contributed by atoms with Gasteiger partial charge >= 0.3 is 0 Å². The number of nitrogens with zero attached hydrogens (tertiary/aromatic N) is 4. The third-order valence-electron chi connectivity index (χ3n) is 7.84. The monoisotopic (exact) mass is 532 g/mol. The number of piperidine rings is 2. The molecule has 5 rings (SSSR count). The Labute approximate surface area is 228 Å². The lowest BCUT2D eigenvalue weighted by atomic mass is 10.0. The summed E-state index contributed by atoms with van der Waals surface area (Å²) in [5.41, 5.74) is 2.68. The minimum Gasteiger partial charge on any atom is -0.380 e. The second kappa shape index (κ2) is 11.0. The molecular formula is C29H36N6O4. The number of likely N-dealkylation sites (tertiary alicyclic amines) is 1. The Hall–Kier alpha value is -3.95. The number of anilines is 1. The first kappa shape index (κ1) is 26.6. The second-order valence-corrected chi connectivity index (χ2v) is 11.1. The summed E-state index contributed by atoms with van der Waals surface area (Å²) < 4.78 is 1.97. The maximum absolute atomic E-state index is 13.3. The summed E-state index contributed by atoms with van der Waals surface area (Å²) in [5, 5.41) is 10.5. The van der Waals surface area contributed by atoms with E-state index in [1.165, 1.54) is 0 Å². The Kier molecular flexibility index (Phi) is 7.54. The van der Waals surface area contributed by atoms with Crippen molar-refractivity contribution in [3.05, 3.63) is 59.6 Å². The zero-order valence-electron chi connectivity index (χ0n) is 22.6. The number of aromatic nitrogens is 2. The molecule has 3 aliphatic heterocycles. The first-order chi connectivity index (χ1) is 18.7. The smallest absolute Gasteiger partial charge is 0.264 e. The molecule has 0 bridgehead atoms. The van der Waals surface area contributed by atoms with Gasteiger partial charge in [0.25, 0.3) is 11.8 Å². The highest BCUT2D eigenvalue weighted by atomic mass is 16.2. The topological polar surface area (TPSA) is 117 Å². The van der Waals surface area contributed by atoms with Crippen LogP contribution in [0.3, 0.4) is 0 Å². The van der Waals surface area contributed by atoms with Gasteiger partial charge in [-0.1, -0.05) is 26.5 Å². The van der Waals surface area contributed by atoms with Gasteiger partial charge in [0.2, 0.25) is 11.8 Å². The largest absolute Gasteiger partial charge is 0.380 e. The number of hydrogen-bond acceptors (Lipinski definition) is 6. The molecule has 10 nitrogen and oxygen atoms in total. The van der Waals surface area contributed by atoms with Gasteiger partial charge in [-0.2, -0.15) is 5.10 Å². The van der Waals surface area contributed by atoms with Crippen molar-refractivity contribution in [1.29, 1.82) is 0 Å². The minimum atomic E-state index is -0.842. The molecule has 10 heteroatoms. The van der Waals surface area contributed by atoms with Crippen LogP contribution in [0.1, 0.15) is 84.7 Å². The molecule has 206 valence electrons. The number of hydrogen-bond donors (Lipinski definition) is 2. The molecule has 1 atom stereocenters. The molecule has 39 heavy (non-hydrogen) atoms. The molecular weight excluding hydrogens is 496 g/mol. The van der Waals surface area contributed by atoms with Crippen LogP contribution in [-0.4, -0.2) is 62.3 Å². The summed E-state index contributed by atoms with van der Waals surface area (Å²) in [6, 6.07) is 4.52. The molecule has 0 aliphatic carbocycles. The summed E-state index contributed by atoms with van der Waals surface area (Å²) >= 11 is 0. The molecule has 2 fully saturated rings. The van der Waals surface area contributed by atoms with E-state index in [2.05, 4.69) is 36.2 Å². The number of imide groups is 1. The number of carbonyl (C=O) groups excluding carboxylic acids is 4. The van der Waals surface area contributed by atoms with Gasteiger partial charge in [0.15, 0.2) is 0 Å². The minimum absolute atomic E-state index is 0.236. The molecule has 4 amide bonds. The fourth-order valence-electron chi connectivity index (χ4n) is 5.56. The van der Waals surface area contributed by atoms with Crippen LogP contribution in [0.4, 0.5) is 5.69 Å². The van der Waals surface area contributed by atoms with E-state index >= 15 is 0 Å². The molecule has 1 unspecified atom stereocenters. The van der Waals surface area contributed by atoms with Crippen LogP contribution in [-0.2, 0) is 16.1 Å². The predicted molar refractivity (Wildman–Crippen MR) is 146 cm³/mol. The van der Waals surface area contributed by atoms with Crippen molar-refractivity contribution >= 4 is 29.3 Å². The Bertz CT molecular complexity index is 1310. The van der Waals surface area contributed by atoms with Gasteiger partial charge in [0, 0.05) is 49.2 Å². The maximum Gasteiger partial charge on any atom is 0.264 e. The van der Waals surface area contributed by atoms with Crippen LogP contribution < -0.4 is 10.6 Å². The average Bonchev–Trinajstić information content (AvgIpc) is 3.49. The molecule has 1 aromatic heterocycles. The van der Waals surface area contributed by atoms with Gasteiger partial charge in [-0.3, -0.25) is 28.8 Å². The van der Waals surface area contributed by atoms with Crippen LogP contribution in [0.2, 0.25) is 0 Å². The van der Waals surface area contributed by atoms with Crippen LogP contribution >= 0.6 is 0 Å².